The lowest BCUT2D eigenvalue weighted by molar-refractivity contribution is -0.123. The summed E-state index contributed by atoms with van der Waals surface area (Å²) in [6, 6.07) is 13.6. The van der Waals surface area contributed by atoms with E-state index in [-0.39, 0.29) is 31.2 Å². The number of carbonyl (C=O) groups is 2. The average molecular weight is 515 g/mol. The number of aliphatic hydroxyl groups excluding tert-OH is 1. The average Bonchev–Trinajstić information content (AvgIpc) is 3.44. The number of hydrogen-bond acceptors (Lipinski definition) is 6. The van der Waals surface area contributed by atoms with Crippen molar-refractivity contribution in [3.05, 3.63) is 59.7 Å². The van der Waals surface area contributed by atoms with Gasteiger partial charge in [0.05, 0.1) is 26.4 Å². The van der Waals surface area contributed by atoms with Gasteiger partial charge in [-0.2, -0.15) is 0 Å². The summed E-state index contributed by atoms with van der Waals surface area (Å²) >= 11 is 0. The number of aliphatic hydroxyl groups is 1. The molecule has 1 fully saturated rings. The van der Waals surface area contributed by atoms with Crippen LogP contribution in [0.2, 0.25) is 0 Å². The van der Waals surface area contributed by atoms with Gasteiger partial charge in [-0.15, -0.1) is 0 Å². The van der Waals surface area contributed by atoms with E-state index < -0.39 is 12.1 Å². The van der Waals surface area contributed by atoms with E-state index >= 15 is 0 Å². The molecule has 2 aromatic carbocycles. The Balaban J connectivity index is 1.53. The van der Waals surface area contributed by atoms with Crippen molar-refractivity contribution in [3.63, 3.8) is 0 Å². The van der Waals surface area contributed by atoms with Crippen LogP contribution in [-0.4, -0.2) is 67.8 Å². The number of nitrogens with zero attached hydrogens (tertiary/aromatic N) is 1. The molecule has 0 saturated carbocycles. The molecule has 2 N–H and O–H groups in total. The van der Waals surface area contributed by atoms with Crippen molar-refractivity contribution in [3.8, 4) is 11.5 Å². The summed E-state index contributed by atoms with van der Waals surface area (Å²) in [5.74, 6) is 1.15. The van der Waals surface area contributed by atoms with Crippen LogP contribution in [0.5, 0.6) is 11.5 Å². The first-order valence-electron chi connectivity index (χ1n) is 13.2. The molecule has 0 aromatic heterocycles. The molecular formula is C29H39FN2O5. The number of Topliss-reactive ketones (excluding diaryl/α,β-unsaturated/α-hetero) is 1. The van der Waals surface area contributed by atoms with Crippen LogP contribution < -0.4 is 14.8 Å². The number of ketones is 1. The van der Waals surface area contributed by atoms with E-state index in [9.17, 15) is 19.1 Å². The van der Waals surface area contributed by atoms with Crippen molar-refractivity contribution in [2.45, 2.75) is 57.1 Å². The molecule has 1 amide bonds. The third kappa shape index (κ3) is 9.44. The molecular weight excluding hydrogens is 475 g/mol. The van der Waals surface area contributed by atoms with Crippen LogP contribution in [0, 0.1) is 0 Å². The molecule has 0 spiro atoms. The molecule has 1 aliphatic heterocycles. The summed E-state index contributed by atoms with van der Waals surface area (Å²) in [6.07, 6.45) is 3.37. The zero-order valence-corrected chi connectivity index (χ0v) is 21.7. The number of amides is 1. The fourth-order valence-electron chi connectivity index (χ4n) is 4.46. The Morgan fingerprint density at radius 2 is 1.65 bits per heavy atom. The number of ether oxygens (including phenoxy) is 2. The minimum Gasteiger partial charge on any atom is -0.497 e. The maximum absolute atomic E-state index is 12.8. The van der Waals surface area contributed by atoms with Gasteiger partial charge in [-0.3, -0.25) is 14.0 Å². The van der Waals surface area contributed by atoms with Crippen LogP contribution in [0.15, 0.2) is 48.5 Å². The molecule has 7 nitrogen and oxygen atoms in total. The van der Waals surface area contributed by atoms with E-state index in [4.69, 9.17) is 9.47 Å². The Bertz CT molecular complexity index is 961. The quantitative estimate of drug-likeness (QED) is 0.254. The van der Waals surface area contributed by atoms with E-state index in [0.29, 0.717) is 55.0 Å². The Morgan fingerprint density at radius 1 is 0.973 bits per heavy atom. The molecule has 2 aromatic rings. The van der Waals surface area contributed by atoms with Crippen LogP contribution in [0.3, 0.4) is 0 Å². The Hall–Kier alpha value is -2.97. The third-order valence-electron chi connectivity index (χ3n) is 6.62. The summed E-state index contributed by atoms with van der Waals surface area (Å²) in [6.45, 7) is 2.54. The fraction of sp³-hybridized carbons (Fsp3) is 0.517. The molecule has 1 aliphatic rings. The minimum absolute atomic E-state index is 0.0175. The molecule has 0 aliphatic carbocycles. The molecule has 1 saturated heterocycles. The predicted octanol–water partition coefficient (Wildman–Crippen LogP) is 4.49. The smallest absolute Gasteiger partial charge is 0.220 e. The van der Waals surface area contributed by atoms with Crippen molar-refractivity contribution in [2.24, 2.45) is 0 Å². The van der Waals surface area contributed by atoms with E-state index in [2.05, 4.69) is 10.2 Å². The predicted molar refractivity (Wildman–Crippen MR) is 141 cm³/mol. The number of carbonyl (C=O) groups excluding carboxylic acids is 2. The second-order valence-electron chi connectivity index (χ2n) is 9.45. The largest absolute Gasteiger partial charge is 0.497 e. The lowest BCUT2D eigenvalue weighted by Gasteiger charge is -2.29. The fourth-order valence-corrected chi connectivity index (χ4v) is 4.46. The lowest BCUT2D eigenvalue weighted by atomic mass is 10.0. The first-order valence-corrected chi connectivity index (χ1v) is 13.2. The molecule has 0 radical (unpaired) electrons. The van der Waals surface area contributed by atoms with Crippen LogP contribution in [0.4, 0.5) is 4.39 Å². The topological polar surface area (TPSA) is 88.1 Å². The highest BCUT2D eigenvalue weighted by molar-refractivity contribution is 5.96. The van der Waals surface area contributed by atoms with Crippen molar-refractivity contribution < 1.29 is 28.6 Å². The first-order chi connectivity index (χ1) is 18.0. The van der Waals surface area contributed by atoms with Crippen molar-refractivity contribution >= 4 is 11.7 Å². The highest BCUT2D eigenvalue weighted by atomic mass is 19.1. The van der Waals surface area contributed by atoms with E-state index in [1.165, 1.54) is 0 Å². The van der Waals surface area contributed by atoms with Gasteiger partial charge in [-0.1, -0.05) is 12.1 Å². The van der Waals surface area contributed by atoms with E-state index in [0.717, 1.165) is 25.9 Å². The molecule has 0 bridgehead atoms. The first kappa shape index (κ1) is 28.6. The van der Waals surface area contributed by atoms with Crippen LogP contribution in [-0.2, 0) is 4.79 Å². The van der Waals surface area contributed by atoms with Gasteiger partial charge in [0.25, 0.3) is 0 Å². The summed E-state index contributed by atoms with van der Waals surface area (Å²) in [5, 5.41) is 14.2. The van der Waals surface area contributed by atoms with Gasteiger partial charge >= 0.3 is 0 Å². The van der Waals surface area contributed by atoms with Crippen LogP contribution >= 0.6 is 0 Å². The normalized spacial score (nSPS) is 15.2. The number of hydrogen-bond donors (Lipinski definition) is 2. The van der Waals surface area contributed by atoms with E-state index in [1.807, 2.05) is 0 Å². The molecule has 202 valence electrons. The second-order valence-corrected chi connectivity index (χ2v) is 9.45. The number of rotatable bonds is 16. The summed E-state index contributed by atoms with van der Waals surface area (Å²) in [4.78, 5) is 27.5. The maximum Gasteiger partial charge on any atom is 0.220 e. The van der Waals surface area contributed by atoms with Gasteiger partial charge in [0.2, 0.25) is 5.91 Å². The molecule has 2 unspecified atom stereocenters. The molecule has 3 rings (SSSR count). The van der Waals surface area contributed by atoms with Gasteiger partial charge in [0, 0.05) is 24.9 Å². The van der Waals surface area contributed by atoms with E-state index in [1.54, 1.807) is 55.6 Å². The minimum atomic E-state index is -0.883. The van der Waals surface area contributed by atoms with Crippen LogP contribution in [0.25, 0.3) is 0 Å². The van der Waals surface area contributed by atoms with Gasteiger partial charge < -0.3 is 24.8 Å². The Morgan fingerprint density at radius 3 is 2.30 bits per heavy atom. The summed E-state index contributed by atoms with van der Waals surface area (Å²) in [5.41, 5.74) is 1.29. The monoisotopic (exact) mass is 514 g/mol. The second kappa shape index (κ2) is 15.3. The molecule has 1 heterocycles. The van der Waals surface area contributed by atoms with Crippen LogP contribution in [0.1, 0.15) is 67.0 Å². The number of unbranched alkanes of at least 4 members (excludes halogenated alkanes) is 1. The van der Waals surface area contributed by atoms with Crippen molar-refractivity contribution in [2.75, 3.05) is 40.0 Å². The third-order valence-corrected chi connectivity index (χ3v) is 6.62. The summed E-state index contributed by atoms with van der Waals surface area (Å²) < 4.78 is 23.0. The maximum atomic E-state index is 12.8. The lowest BCUT2D eigenvalue weighted by Crippen LogP contribution is -2.46. The number of methoxy groups -OCH3 is 1. The Labute approximate surface area is 219 Å². The number of likely N-dealkylation sites (tertiary alicyclic amines) is 1. The highest BCUT2D eigenvalue weighted by Crippen LogP contribution is 2.23. The van der Waals surface area contributed by atoms with Crippen molar-refractivity contribution in [1.29, 1.82) is 0 Å². The number of alkyl halides is 1. The van der Waals surface area contributed by atoms with Gasteiger partial charge in [0.1, 0.15) is 17.6 Å². The zero-order chi connectivity index (χ0) is 26.5. The number of halogens is 1. The molecule has 8 heteroatoms. The van der Waals surface area contributed by atoms with Gasteiger partial charge in [0.15, 0.2) is 5.78 Å². The summed E-state index contributed by atoms with van der Waals surface area (Å²) in [7, 11) is 1.58. The Kier molecular flexibility index (Phi) is 11.8. The number of benzene rings is 2. The van der Waals surface area contributed by atoms with Gasteiger partial charge in [-0.25, -0.2) is 0 Å². The highest BCUT2D eigenvalue weighted by Gasteiger charge is 2.26. The SMILES string of the molecule is COc1ccc(C(=O)CCCC(=O)NC(CN2CCCC2)C(O)c2ccc(OCCCCF)cc2)cc1. The number of nitrogens with one attached hydrogen (secondary N) is 1. The van der Waals surface area contributed by atoms with Gasteiger partial charge in [-0.05, 0) is 87.2 Å². The molecule has 2 atom stereocenters. The zero-order valence-electron chi connectivity index (χ0n) is 21.7. The molecule has 37 heavy (non-hydrogen) atoms. The standard InChI is InChI=1S/C29H39FN2O5/c1-36-24-13-9-22(10-14-24)27(33)7-6-8-28(34)31-26(21-32-18-3-4-19-32)29(35)23-11-15-25(16-12-23)37-20-5-2-17-30/h9-16,26,29,35H,2-8,17-21H2,1H3,(H,31,34). The van der Waals surface area contributed by atoms with Crippen molar-refractivity contribution in [1.82, 2.24) is 10.2 Å².